The fourth-order valence-electron chi connectivity index (χ4n) is 3.33. The Morgan fingerprint density at radius 2 is 2.17 bits per heavy atom. The van der Waals surface area contributed by atoms with E-state index < -0.39 is 0 Å². The van der Waals surface area contributed by atoms with Gasteiger partial charge in [-0.15, -0.1) is 0 Å². The molecule has 132 valence electrons. The van der Waals surface area contributed by atoms with Crippen molar-refractivity contribution < 1.29 is 4.79 Å². The Bertz CT molecular complexity index is 398. The summed E-state index contributed by atoms with van der Waals surface area (Å²) in [6.07, 6.45) is 3.98. The van der Waals surface area contributed by atoms with Crippen LogP contribution in [0.15, 0.2) is 4.99 Å². The molecule has 2 heterocycles. The van der Waals surface area contributed by atoms with Crippen LogP contribution in [0.25, 0.3) is 0 Å². The lowest BCUT2D eigenvalue weighted by molar-refractivity contribution is -0.127. The number of aliphatic imine (C=N–C) groups is 1. The van der Waals surface area contributed by atoms with Crippen molar-refractivity contribution in [3.8, 4) is 0 Å². The summed E-state index contributed by atoms with van der Waals surface area (Å²) >= 11 is 0. The molecule has 1 unspecified atom stereocenters. The van der Waals surface area contributed by atoms with Gasteiger partial charge in [0.2, 0.25) is 5.91 Å². The van der Waals surface area contributed by atoms with E-state index >= 15 is 0 Å². The van der Waals surface area contributed by atoms with Crippen LogP contribution in [0.2, 0.25) is 0 Å². The molecule has 0 aromatic rings. The molecule has 0 aliphatic carbocycles. The Morgan fingerprint density at radius 1 is 1.30 bits per heavy atom. The van der Waals surface area contributed by atoms with Crippen LogP contribution in [0.4, 0.5) is 0 Å². The van der Waals surface area contributed by atoms with Crippen molar-refractivity contribution >= 4 is 11.9 Å². The number of carbonyl (C=O) groups is 1. The second kappa shape index (κ2) is 9.75. The van der Waals surface area contributed by atoms with Crippen molar-refractivity contribution in [2.45, 2.75) is 39.5 Å². The fourth-order valence-corrected chi connectivity index (χ4v) is 3.33. The largest absolute Gasteiger partial charge is 0.357 e. The van der Waals surface area contributed by atoms with Gasteiger partial charge in [-0.2, -0.15) is 0 Å². The topological polar surface area (TPSA) is 60.0 Å². The van der Waals surface area contributed by atoms with E-state index in [0.717, 1.165) is 64.5 Å². The lowest BCUT2D eigenvalue weighted by Gasteiger charge is -2.17. The summed E-state index contributed by atoms with van der Waals surface area (Å²) in [5, 5.41) is 6.71. The maximum Gasteiger partial charge on any atom is 0.222 e. The average molecular weight is 323 g/mol. The molecule has 2 saturated heterocycles. The summed E-state index contributed by atoms with van der Waals surface area (Å²) in [7, 11) is 0. The number of hydrogen-bond acceptors (Lipinski definition) is 3. The highest BCUT2D eigenvalue weighted by atomic mass is 16.2. The summed E-state index contributed by atoms with van der Waals surface area (Å²) in [5.41, 5.74) is 0. The minimum Gasteiger partial charge on any atom is -0.357 e. The first-order chi connectivity index (χ1) is 11.2. The molecule has 2 aliphatic rings. The van der Waals surface area contributed by atoms with Gasteiger partial charge in [-0.3, -0.25) is 9.79 Å². The van der Waals surface area contributed by atoms with E-state index in [4.69, 9.17) is 4.99 Å². The SMILES string of the molecule is CCNC(=NCC1CCN(CC)C1)NCCCN1CCCC1=O. The molecule has 23 heavy (non-hydrogen) atoms. The average Bonchev–Trinajstić information content (AvgIpc) is 3.18. The van der Waals surface area contributed by atoms with Gasteiger partial charge in [-0.05, 0) is 45.2 Å². The predicted octanol–water partition coefficient (Wildman–Crippen LogP) is 0.896. The fraction of sp³-hybridized carbons (Fsp3) is 0.882. The highest BCUT2D eigenvalue weighted by Crippen LogP contribution is 2.15. The highest BCUT2D eigenvalue weighted by Gasteiger charge is 2.21. The summed E-state index contributed by atoms with van der Waals surface area (Å²) in [6.45, 7) is 12.3. The summed E-state index contributed by atoms with van der Waals surface area (Å²) in [6, 6.07) is 0. The van der Waals surface area contributed by atoms with Crippen molar-refractivity contribution in [3.63, 3.8) is 0 Å². The third kappa shape index (κ3) is 6.01. The minimum absolute atomic E-state index is 0.312. The predicted molar refractivity (Wildman–Crippen MR) is 94.6 cm³/mol. The van der Waals surface area contributed by atoms with E-state index in [0.29, 0.717) is 11.8 Å². The summed E-state index contributed by atoms with van der Waals surface area (Å²) < 4.78 is 0. The van der Waals surface area contributed by atoms with E-state index in [1.165, 1.54) is 19.5 Å². The molecule has 2 fully saturated rings. The molecule has 0 aromatic carbocycles. The Kier molecular flexibility index (Phi) is 7.65. The van der Waals surface area contributed by atoms with Crippen molar-refractivity contribution in [1.82, 2.24) is 20.4 Å². The molecule has 0 bridgehead atoms. The van der Waals surface area contributed by atoms with Crippen LogP contribution >= 0.6 is 0 Å². The van der Waals surface area contributed by atoms with Crippen molar-refractivity contribution in [1.29, 1.82) is 0 Å². The lowest BCUT2D eigenvalue weighted by Crippen LogP contribution is -2.39. The maximum atomic E-state index is 11.6. The number of nitrogens with one attached hydrogen (secondary N) is 2. The molecule has 0 aromatic heterocycles. The zero-order valence-corrected chi connectivity index (χ0v) is 14.8. The molecule has 2 aliphatic heterocycles. The second-order valence-corrected chi connectivity index (χ2v) is 6.53. The molecule has 2 N–H and O–H groups in total. The first-order valence-electron chi connectivity index (χ1n) is 9.25. The van der Waals surface area contributed by atoms with E-state index in [9.17, 15) is 4.79 Å². The quantitative estimate of drug-likeness (QED) is 0.396. The molecular formula is C17H33N5O. The Balaban J connectivity index is 1.66. The first kappa shape index (κ1) is 18.0. The third-order valence-electron chi connectivity index (χ3n) is 4.74. The van der Waals surface area contributed by atoms with Gasteiger partial charge in [0, 0.05) is 45.7 Å². The molecule has 1 atom stereocenters. The van der Waals surface area contributed by atoms with Crippen LogP contribution < -0.4 is 10.6 Å². The molecule has 6 heteroatoms. The normalized spacial score (nSPS) is 22.9. The molecule has 0 radical (unpaired) electrons. The van der Waals surface area contributed by atoms with Gasteiger partial charge in [0.05, 0.1) is 0 Å². The zero-order chi connectivity index (χ0) is 16.5. The summed E-state index contributed by atoms with van der Waals surface area (Å²) in [4.78, 5) is 20.8. The number of amides is 1. The zero-order valence-electron chi connectivity index (χ0n) is 14.8. The van der Waals surface area contributed by atoms with Gasteiger partial charge in [0.15, 0.2) is 5.96 Å². The van der Waals surface area contributed by atoms with Crippen LogP contribution in [-0.2, 0) is 4.79 Å². The minimum atomic E-state index is 0.312. The number of likely N-dealkylation sites (tertiary alicyclic amines) is 2. The lowest BCUT2D eigenvalue weighted by atomic mass is 10.1. The van der Waals surface area contributed by atoms with Crippen molar-refractivity contribution in [2.75, 3.05) is 52.4 Å². The third-order valence-corrected chi connectivity index (χ3v) is 4.74. The Labute approximate surface area is 140 Å². The van der Waals surface area contributed by atoms with E-state index in [1.807, 2.05) is 4.90 Å². The molecule has 6 nitrogen and oxygen atoms in total. The Morgan fingerprint density at radius 3 is 2.83 bits per heavy atom. The number of carbonyl (C=O) groups excluding carboxylic acids is 1. The summed E-state index contributed by atoms with van der Waals surface area (Å²) in [5.74, 6) is 1.91. The maximum absolute atomic E-state index is 11.6. The van der Waals surface area contributed by atoms with Gasteiger partial charge in [0.25, 0.3) is 0 Å². The van der Waals surface area contributed by atoms with Gasteiger partial charge in [-0.1, -0.05) is 6.92 Å². The number of guanidine groups is 1. The Hall–Kier alpha value is -1.30. The van der Waals surface area contributed by atoms with E-state index in [-0.39, 0.29) is 0 Å². The molecule has 0 spiro atoms. The molecule has 2 rings (SSSR count). The van der Waals surface area contributed by atoms with Crippen LogP contribution in [0.3, 0.4) is 0 Å². The van der Waals surface area contributed by atoms with Crippen molar-refractivity contribution in [3.05, 3.63) is 0 Å². The first-order valence-corrected chi connectivity index (χ1v) is 9.25. The van der Waals surface area contributed by atoms with E-state index in [1.54, 1.807) is 0 Å². The number of rotatable bonds is 8. The van der Waals surface area contributed by atoms with Crippen LogP contribution in [-0.4, -0.2) is 74.0 Å². The monoisotopic (exact) mass is 323 g/mol. The van der Waals surface area contributed by atoms with Gasteiger partial charge >= 0.3 is 0 Å². The van der Waals surface area contributed by atoms with Gasteiger partial charge in [0.1, 0.15) is 0 Å². The van der Waals surface area contributed by atoms with Gasteiger partial charge in [-0.25, -0.2) is 0 Å². The number of hydrogen-bond donors (Lipinski definition) is 2. The second-order valence-electron chi connectivity index (χ2n) is 6.53. The van der Waals surface area contributed by atoms with Crippen LogP contribution in [0.1, 0.15) is 39.5 Å². The van der Waals surface area contributed by atoms with Crippen molar-refractivity contribution in [2.24, 2.45) is 10.9 Å². The van der Waals surface area contributed by atoms with Gasteiger partial charge < -0.3 is 20.4 Å². The number of nitrogens with zero attached hydrogens (tertiary/aromatic N) is 3. The smallest absolute Gasteiger partial charge is 0.222 e. The standard InChI is InChI=1S/C17H33N5O/c1-3-18-17(20-13-15-8-12-21(4-2)14-15)19-9-6-11-22-10-5-7-16(22)23/h15H,3-14H2,1-2H3,(H2,18,19,20). The molecular weight excluding hydrogens is 290 g/mol. The van der Waals surface area contributed by atoms with E-state index in [2.05, 4.69) is 29.4 Å². The highest BCUT2D eigenvalue weighted by molar-refractivity contribution is 5.79. The van der Waals surface area contributed by atoms with Crippen LogP contribution in [0, 0.1) is 5.92 Å². The molecule has 1 amide bonds. The van der Waals surface area contributed by atoms with Crippen LogP contribution in [0.5, 0.6) is 0 Å². The molecule has 0 saturated carbocycles.